The summed E-state index contributed by atoms with van der Waals surface area (Å²) in [6.45, 7) is 1.85. The van der Waals surface area contributed by atoms with E-state index in [-0.39, 0.29) is 0 Å². The summed E-state index contributed by atoms with van der Waals surface area (Å²) in [5, 5.41) is 1.10. The first-order valence-electron chi connectivity index (χ1n) is 2.88. The van der Waals surface area contributed by atoms with E-state index in [0.717, 1.165) is 11.7 Å². The second kappa shape index (κ2) is 4.04. The Morgan fingerprint density at radius 2 is 2.00 bits per heavy atom. The maximum atomic E-state index is 11.3. The van der Waals surface area contributed by atoms with Crippen LogP contribution in [0.3, 0.4) is 0 Å². The molecule has 0 aromatic heterocycles. The predicted octanol–water partition coefficient (Wildman–Crippen LogP) is 1.86. The zero-order valence-corrected chi connectivity index (χ0v) is 5.55. The second-order valence-electron chi connectivity index (χ2n) is 1.67. The molecule has 0 fully saturated rings. The highest BCUT2D eigenvalue weighted by molar-refractivity contribution is 4.96. The molecule has 0 saturated heterocycles. The van der Waals surface area contributed by atoms with E-state index in [0.29, 0.717) is 6.42 Å². The Kier molecular flexibility index (Phi) is 3.70. The first kappa shape index (κ1) is 9.15. The molecule has 0 atom stereocenters. The number of rotatable bonds is 1. The van der Waals surface area contributed by atoms with Crippen molar-refractivity contribution in [2.24, 2.45) is 0 Å². The third-order valence-electron chi connectivity index (χ3n) is 0.668. The average Bonchev–Trinajstić information content (AvgIpc) is 1.78. The maximum absolute atomic E-state index is 11.3. The van der Waals surface area contributed by atoms with E-state index >= 15 is 0 Å². The molecule has 0 aliphatic rings. The van der Waals surface area contributed by atoms with E-state index in [4.69, 9.17) is 0 Å². The summed E-state index contributed by atoms with van der Waals surface area (Å²) in [5.41, 5.74) is 0. The standard InChI is InChI=1S/C6H8F3N/c1-2-3-4-5-10-6(7,8)9/h10H,2-3H2,1H3. The lowest BCUT2D eigenvalue weighted by Crippen LogP contribution is -2.26. The fourth-order valence-corrected chi connectivity index (χ4v) is 0.303. The average molecular weight is 151 g/mol. The molecule has 0 rings (SSSR count). The van der Waals surface area contributed by atoms with E-state index in [9.17, 15) is 13.2 Å². The highest BCUT2D eigenvalue weighted by atomic mass is 19.4. The lowest BCUT2D eigenvalue weighted by atomic mass is 10.4. The number of nitrogens with one attached hydrogen (secondary N) is 1. The van der Waals surface area contributed by atoms with E-state index in [1.807, 2.05) is 6.92 Å². The smallest absolute Gasteiger partial charge is 0.256 e. The Morgan fingerprint density at radius 3 is 2.40 bits per heavy atom. The minimum absolute atomic E-state index is 0.489. The number of alkyl halides is 3. The van der Waals surface area contributed by atoms with Crippen molar-refractivity contribution < 1.29 is 13.2 Å². The quantitative estimate of drug-likeness (QED) is 0.342. The Bertz CT molecular complexity index is 139. The van der Waals surface area contributed by atoms with Gasteiger partial charge in [0.1, 0.15) is 0 Å². The van der Waals surface area contributed by atoms with Gasteiger partial charge in [0, 0.05) is 12.5 Å². The molecule has 0 amide bonds. The van der Waals surface area contributed by atoms with Crippen molar-refractivity contribution in [1.82, 2.24) is 5.32 Å². The Balaban J connectivity index is 3.46. The van der Waals surface area contributed by atoms with Gasteiger partial charge in [0.2, 0.25) is 0 Å². The van der Waals surface area contributed by atoms with E-state index in [1.165, 1.54) is 0 Å². The van der Waals surface area contributed by atoms with Gasteiger partial charge >= 0.3 is 6.30 Å². The van der Waals surface area contributed by atoms with Crippen LogP contribution in [0.2, 0.25) is 0 Å². The van der Waals surface area contributed by atoms with Crippen LogP contribution in [0.1, 0.15) is 19.8 Å². The van der Waals surface area contributed by atoms with Gasteiger partial charge < -0.3 is 0 Å². The molecule has 10 heavy (non-hydrogen) atoms. The summed E-state index contributed by atoms with van der Waals surface area (Å²) in [6, 6.07) is 1.80. The van der Waals surface area contributed by atoms with Gasteiger partial charge in [-0.05, 0) is 6.42 Å². The van der Waals surface area contributed by atoms with Crippen molar-refractivity contribution in [2.75, 3.05) is 0 Å². The summed E-state index contributed by atoms with van der Waals surface area (Å²) < 4.78 is 33.8. The van der Waals surface area contributed by atoms with Crippen LogP contribution >= 0.6 is 0 Å². The second-order valence-corrected chi connectivity index (χ2v) is 1.67. The normalized spacial score (nSPS) is 10.0. The molecule has 0 spiro atoms. The van der Waals surface area contributed by atoms with Crippen LogP contribution in [0, 0.1) is 12.0 Å². The third-order valence-corrected chi connectivity index (χ3v) is 0.668. The molecule has 0 bridgehead atoms. The van der Waals surface area contributed by atoms with Crippen molar-refractivity contribution in [2.45, 2.75) is 26.1 Å². The molecule has 0 aliphatic heterocycles. The Hall–Kier alpha value is -0.850. The number of hydrogen-bond acceptors (Lipinski definition) is 1. The topological polar surface area (TPSA) is 12.0 Å². The molecular weight excluding hydrogens is 143 g/mol. The SMILES string of the molecule is CCCC#CNC(F)(F)F. The molecule has 0 radical (unpaired) electrons. The summed E-state index contributed by atoms with van der Waals surface area (Å²) in [6.07, 6.45) is -3.11. The van der Waals surface area contributed by atoms with Gasteiger partial charge in [-0.3, -0.25) is 5.32 Å². The van der Waals surface area contributed by atoms with Crippen LogP contribution in [-0.2, 0) is 0 Å². The van der Waals surface area contributed by atoms with Gasteiger partial charge in [0.15, 0.2) is 0 Å². The first-order chi connectivity index (χ1) is 4.56. The predicted molar refractivity (Wildman–Crippen MR) is 31.9 cm³/mol. The lowest BCUT2D eigenvalue weighted by molar-refractivity contribution is -0.144. The van der Waals surface area contributed by atoms with Crippen molar-refractivity contribution >= 4 is 0 Å². The fraction of sp³-hybridized carbons (Fsp3) is 0.667. The molecule has 0 unspecified atom stereocenters. The maximum Gasteiger partial charge on any atom is 0.489 e. The molecule has 0 heterocycles. The van der Waals surface area contributed by atoms with E-state index in [1.54, 1.807) is 6.04 Å². The molecule has 1 nitrogen and oxygen atoms in total. The van der Waals surface area contributed by atoms with Crippen LogP contribution in [0.4, 0.5) is 13.2 Å². The third kappa shape index (κ3) is 7.15. The number of hydrogen-bond donors (Lipinski definition) is 1. The highest BCUT2D eigenvalue weighted by Gasteiger charge is 2.24. The molecule has 1 N–H and O–H groups in total. The first-order valence-corrected chi connectivity index (χ1v) is 2.88. The summed E-state index contributed by atoms with van der Waals surface area (Å²) in [5.74, 6) is 2.31. The largest absolute Gasteiger partial charge is 0.489 e. The molecule has 0 aromatic rings. The van der Waals surface area contributed by atoms with Crippen molar-refractivity contribution in [3.05, 3.63) is 0 Å². The Labute approximate surface area is 57.6 Å². The van der Waals surface area contributed by atoms with Crippen molar-refractivity contribution in [3.8, 4) is 12.0 Å². The highest BCUT2D eigenvalue weighted by Crippen LogP contribution is 2.07. The van der Waals surface area contributed by atoms with Gasteiger partial charge in [-0.15, -0.1) is 13.2 Å². The fourth-order valence-electron chi connectivity index (χ4n) is 0.303. The minimum atomic E-state index is -4.37. The lowest BCUT2D eigenvalue weighted by Gasteiger charge is -2.00. The molecule has 4 heteroatoms. The zero-order chi connectivity index (χ0) is 8.04. The van der Waals surface area contributed by atoms with Gasteiger partial charge in [0.05, 0.1) is 0 Å². The van der Waals surface area contributed by atoms with Crippen LogP contribution < -0.4 is 5.32 Å². The Morgan fingerprint density at radius 1 is 1.40 bits per heavy atom. The zero-order valence-electron chi connectivity index (χ0n) is 5.55. The van der Waals surface area contributed by atoms with E-state index in [2.05, 4.69) is 5.92 Å². The van der Waals surface area contributed by atoms with Crippen LogP contribution in [0.5, 0.6) is 0 Å². The molecule has 0 aromatic carbocycles. The summed E-state index contributed by atoms with van der Waals surface area (Å²) in [7, 11) is 0. The van der Waals surface area contributed by atoms with Crippen molar-refractivity contribution in [1.29, 1.82) is 0 Å². The monoisotopic (exact) mass is 151 g/mol. The van der Waals surface area contributed by atoms with Crippen LogP contribution in [0.25, 0.3) is 0 Å². The number of unbranched alkanes of at least 4 members (excludes halogenated alkanes) is 1. The number of halogens is 3. The van der Waals surface area contributed by atoms with Crippen LogP contribution in [0.15, 0.2) is 0 Å². The molecular formula is C6H8F3N. The van der Waals surface area contributed by atoms with Crippen molar-refractivity contribution in [3.63, 3.8) is 0 Å². The minimum Gasteiger partial charge on any atom is -0.256 e. The van der Waals surface area contributed by atoms with Gasteiger partial charge in [0.25, 0.3) is 0 Å². The van der Waals surface area contributed by atoms with Gasteiger partial charge in [-0.2, -0.15) is 0 Å². The van der Waals surface area contributed by atoms with Gasteiger partial charge in [-0.1, -0.05) is 12.8 Å². The van der Waals surface area contributed by atoms with E-state index < -0.39 is 6.30 Å². The van der Waals surface area contributed by atoms with Gasteiger partial charge in [-0.25, -0.2) is 0 Å². The molecule has 0 aliphatic carbocycles. The summed E-state index contributed by atoms with van der Waals surface area (Å²) in [4.78, 5) is 0. The molecule has 58 valence electrons. The summed E-state index contributed by atoms with van der Waals surface area (Å²) >= 11 is 0. The van der Waals surface area contributed by atoms with Crippen LogP contribution in [-0.4, -0.2) is 6.30 Å². The molecule has 0 saturated carbocycles.